The second kappa shape index (κ2) is 12.0. The molecular formula is C30H40F2N6O3. The van der Waals surface area contributed by atoms with E-state index >= 15 is 0 Å². The number of anilines is 1. The maximum absolute atomic E-state index is 13.5. The zero-order valence-electron chi connectivity index (χ0n) is 23.9. The first-order valence-corrected chi connectivity index (χ1v) is 14.5. The van der Waals surface area contributed by atoms with Crippen molar-refractivity contribution in [2.45, 2.75) is 58.1 Å². The van der Waals surface area contributed by atoms with E-state index in [1.807, 2.05) is 49.1 Å². The number of nitrogens with one attached hydrogen (secondary N) is 2. The van der Waals surface area contributed by atoms with Crippen LogP contribution in [0.25, 0.3) is 0 Å². The minimum atomic E-state index is -2.73. The second-order valence-corrected chi connectivity index (χ2v) is 12.0. The third-order valence-electron chi connectivity index (χ3n) is 8.60. The largest absolute Gasteiger partial charge is 0.392 e. The van der Waals surface area contributed by atoms with E-state index in [0.717, 1.165) is 25.2 Å². The number of carbonyl (C=O) groups is 2. The number of aliphatic hydroxyl groups excluding tert-OH is 1. The first-order chi connectivity index (χ1) is 19.5. The van der Waals surface area contributed by atoms with Gasteiger partial charge in [0.15, 0.2) is 0 Å². The molecule has 3 N–H and O–H groups in total. The predicted molar refractivity (Wildman–Crippen MR) is 151 cm³/mol. The Hall–Kier alpha value is -3.18. The summed E-state index contributed by atoms with van der Waals surface area (Å²) in [4.78, 5) is 39.3. The number of carbonyl (C=O) groups excluding carboxylic acids is 2. The van der Waals surface area contributed by atoms with E-state index in [1.165, 1.54) is 0 Å². The smallest absolute Gasteiger partial charge is 0.257 e. The Morgan fingerprint density at radius 2 is 1.66 bits per heavy atom. The van der Waals surface area contributed by atoms with Crippen LogP contribution < -0.4 is 10.6 Å². The van der Waals surface area contributed by atoms with Gasteiger partial charge in [0.2, 0.25) is 17.8 Å². The van der Waals surface area contributed by atoms with Crippen LogP contribution in [-0.4, -0.2) is 88.0 Å². The SMILES string of the molecule is Cc1nc(NCC(C)O)nc(C)c1C(=O)N1CC2CN(CC[C@H](NC(=O)C3CC(F)(F)C3)c3ccccc3)CC2C1. The predicted octanol–water partition coefficient (Wildman–Crippen LogP) is 3.18. The molecule has 0 bridgehead atoms. The van der Waals surface area contributed by atoms with Crippen molar-refractivity contribution in [3.05, 3.63) is 52.8 Å². The fourth-order valence-electron chi connectivity index (χ4n) is 6.40. The van der Waals surface area contributed by atoms with Gasteiger partial charge in [0.25, 0.3) is 5.91 Å². The van der Waals surface area contributed by atoms with Crippen molar-refractivity contribution in [1.82, 2.24) is 25.1 Å². The van der Waals surface area contributed by atoms with Crippen molar-refractivity contribution in [3.63, 3.8) is 0 Å². The molecule has 2 aromatic rings. The molecule has 3 unspecified atom stereocenters. The van der Waals surface area contributed by atoms with Crippen LogP contribution in [0.1, 0.15) is 59.5 Å². The molecule has 1 aliphatic carbocycles. The summed E-state index contributed by atoms with van der Waals surface area (Å²) in [5, 5.41) is 15.5. The lowest BCUT2D eigenvalue weighted by Crippen LogP contribution is -2.46. The van der Waals surface area contributed by atoms with Crippen molar-refractivity contribution < 1.29 is 23.5 Å². The van der Waals surface area contributed by atoms with Gasteiger partial charge in [-0.25, -0.2) is 18.7 Å². The van der Waals surface area contributed by atoms with Crippen molar-refractivity contribution in [1.29, 1.82) is 0 Å². The number of alkyl halides is 2. The van der Waals surface area contributed by atoms with Crippen LogP contribution in [0.3, 0.4) is 0 Å². The lowest BCUT2D eigenvalue weighted by molar-refractivity contribution is -0.150. The number of aliphatic hydroxyl groups is 1. The van der Waals surface area contributed by atoms with E-state index in [4.69, 9.17) is 0 Å². The lowest BCUT2D eigenvalue weighted by Gasteiger charge is -2.35. The molecule has 0 spiro atoms. The monoisotopic (exact) mass is 570 g/mol. The highest BCUT2D eigenvalue weighted by atomic mass is 19.3. The average Bonchev–Trinajstić information content (AvgIpc) is 3.47. The standard InChI is InChI=1S/C30H40F2N6O3/c1-18(39)13-33-29-34-19(2)26(20(3)35-29)28(41)38-16-23-14-37(15-24(23)17-38)10-9-25(21-7-5-4-6-8-21)36-27(40)22-11-30(31,32)12-22/h4-8,18,22-25,39H,9-17H2,1-3H3,(H,36,40)(H,33,34,35)/t18?,23?,24?,25-/m0/s1. The number of halogens is 2. The first kappa shape index (κ1) is 29.3. The summed E-state index contributed by atoms with van der Waals surface area (Å²) in [5.74, 6) is -2.54. The van der Waals surface area contributed by atoms with Crippen LogP contribution in [0, 0.1) is 31.6 Å². The molecule has 1 aromatic carbocycles. The van der Waals surface area contributed by atoms with Crippen LogP contribution in [0.5, 0.6) is 0 Å². The Morgan fingerprint density at radius 1 is 1.05 bits per heavy atom. The number of aryl methyl sites for hydroxylation is 2. The molecule has 3 fully saturated rings. The summed E-state index contributed by atoms with van der Waals surface area (Å²) in [6, 6.07) is 9.46. The number of fused-ring (bicyclic) bond motifs is 1. The highest BCUT2D eigenvalue weighted by molar-refractivity contribution is 5.96. The minimum absolute atomic E-state index is 0.0450. The third-order valence-corrected chi connectivity index (χ3v) is 8.60. The molecule has 1 saturated carbocycles. The average molecular weight is 571 g/mol. The van der Waals surface area contributed by atoms with E-state index in [1.54, 1.807) is 6.92 Å². The molecule has 0 radical (unpaired) electrons. The molecule has 5 rings (SSSR count). The number of benzene rings is 1. The van der Waals surface area contributed by atoms with E-state index in [9.17, 15) is 23.5 Å². The third kappa shape index (κ3) is 6.83. The Labute approximate surface area is 239 Å². The first-order valence-electron chi connectivity index (χ1n) is 14.5. The van der Waals surface area contributed by atoms with Gasteiger partial charge in [-0.2, -0.15) is 0 Å². The minimum Gasteiger partial charge on any atom is -0.392 e. The van der Waals surface area contributed by atoms with Gasteiger partial charge in [-0.15, -0.1) is 0 Å². The van der Waals surface area contributed by atoms with Crippen LogP contribution in [0.4, 0.5) is 14.7 Å². The quantitative estimate of drug-likeness (QED) is 0.403. The zero-order valence-corrected chi connectivity index (χ0v) is 23.9. The van der Waals surface area contributed by atoms with Crippen LogP contribution in [0.15, 0.2) is 30.3 Å². The van der Waals surface area contributed by atoms with Gasteiger partial charge >= 0.3 is 0 Å². The summed E-state index contributed by atoms with van der Waals surface area (Å²) in [6.45, 7) is 9.50. The number of aromatic nitrogens is 2. The zero-order chi connectivity index (χ0) is 29.3. The van der Waals surface area contributed by atoms with E-state index < -0.39 is 17.9 Å². The Morgan fingerprint density at radius 3 is 2.22 bits per heavy atom. The second-order valence-electron chi connectivity index (χ2n) is 12.0. The Balaban J connectivity index is 1.15. The molecular weight excluding hydrogens is 530 g/mol. The fraction of sp³-hybridized carbons (Fsp3) is 0.600. The van der Waals surface area contributed by atoms with Gasteiger partial charge in [0.1, 0.15) is 0 Å². The van der Waals surface area contributed by atoms with Crippen molar-refractivity contribution in [3.8, 4) is 0 Å². The molecule has 1 aromatic heterocycles. The highest BCUT2D eigenvalue weighted by Gasteiger charge is 2.49. The lowest BCUT2D eigenvalue weighted by atomic mass is 9.80. The molecule has 9 nitrogen and oxygen atoms in total. The molecule has 11 heteroatoms. The Kier molecular flexibility index (Phi) is 8.56. The molecule has 3 heterocycles. The fourth-order valence-corrected chi connectivity index (χ4v) is 6.40. The number of hydrogen-bond acceptors (Lipinski definition) is 7. The van der Waals surface area contributed by atoms with Gasteiger partial charge < -0.3 is 25.5 Å². The number of likely N-dealkylation sites (tertiary alicyclic amines) is 2. The molecule has 222 valence electrons. The number of rotatable bonds is 10. The number of nitrogens with zero attached hydrogens (tertiary/aromatic N) is 4. The number of hydrogen-bond donors (Lipinski definition) is 3. The topological polar surface area (TPSA) is 111 Å². The van der Waals surface area contributed by atoms with Gasteiger partial charge in [-0.3, -0.25) is 9.59 Å². The summed E-state index contributed by atoms with van der Waals surface area (Å²) in [6.07, 6.45) is -0.595. The van der Waals surface area contributed by atoms with Crippen LogP contribution in [-0.2, 0) is 4.79 Å². The van der Waals surface area contributed by atoms with Crippen molar-refractivity contribution in [2.24, 2.45) is 17.8 Å². The Bertz CT molecular complexity index is 1220. The van der Waals surface area contributed by atoms with Gasteiger partial charge in [0.05, 0.1) is 29.1 Å². The molecule has 41 heavy (non-hydrogen) atoms. The van der Waals surface area contributed by atoms with E-state index in [0.29, 0.717) is 60.8 Å². The van der Waals surface area contributed by atoms with Crippen LogP contribution >= 0.6 is 0 Å². The summed E-state index contributed by atoms with van der Waals surface area (Å²) >= 11 is 0. The maximum Gasteiger partial charge on any atom is 0.257 e. The molecule has 2 amide bonds. The molecule has 2 aliphatic heterocycles. The summed E-state index contributed by atoms with van der Waals surface area (Å²) in [5.41, 5.74) is 2.75. The van der Waals surface area contributed by atoms with Crippen molar-refractivity contribution in [2.75, 3.05) is 44.6 Å². The van der Waals surface area contributed by atoms with Crippen LogP contribution in [0.2, 0.25) is 0 Å². The molecule has 4 atom stereocenters. The highest BCUT2D eigenvalue weighted by Crippen LogP contribution is 2.42. The van der Waals surface area contributed by atoms with Gasteiger partial charge in [0, 0.05) is 58.0 Å². The van der Waals surface area contributed by atoms with E-state index in [2.05, 4.69) is 25.5 Å². The number of amides is 2. The van der Waals surface area contributed by atoms with E-state index in [-0.39, 0.29) is 30.7 Å². The maximum atomic E-state index is 13.5. The van der Waals surface area contributed by atoms with Gasteiger partial charge in [-0.1, -0.05) is 30.3 Å². The van der Waals surface area contributed by atoms with Gasteiger partial charge in [-0.05, 0) is 44.6 Å². The van der Waals surface area contributed by atoms with Crippen molar-refractivity contribution >= 4 is 17.8 Å². The molecule has 2 saturated heterocycles. The molecule has 3 aliphatic rings. The summed E-state index contributed by atoms with van der Waals surface area (Å²) < 4.78 is 26.7. The summed E-state index contributed by atoms with van der Waals surface area (Å²) in [7, 11) is 0. The normalized spacial score (nSPS) is 23.5.